The van der Waals surface area contributed by atoms with Crippen LogP contribution >= 0.6 is 0 Å². The highest BCUT2D eigenvalue weighted by Gasteiger charge is 2.29. The molecule has 0 saturated heterocycles. The van der Waals surface area contributed by atoms with E-state index in [0.717, 1.165) is 57.2 Å². The molecule has 1 fully saturated rings. The lowest BCUT2D eigenvalue weighted by Gasteiger charge is -2.18. The molecule has 1 aromatic heterocycles. The molecule has 1 saturated carbocycles. The molecule has 28 heavy (non-hydrogen) atoms. The van der Waals surface area contributed by atoms with Gasteiger partial charge in [-0.15, -0.1) is 0 Å². The molecule has 2 heterocycles. The van der Waals surface area contributed by atoms with Crippen molar-refractivity contribution in [1.29, 1.82) is 0 Å². The van der Waals surface area contributed by atoms with Crippen LogP contribution < -0.4 is 15.4 Å². The summed E-state index contributed by atoms with van der Waals surface area (Å²) in [5.74, 6) is 0.455. The molecule has 0 bridgehead atoms. The molecule has 2 amide bonds. The average molecular weight is 382 g/mol. The van der Waals surface area contributed by atoms with Crippen LogP contribution in [0.1, 0.15) is 65.3 Å². The van der Waals surface area contributed by atoms with E-state index in [4.69, 9.17) is 4.74 Å². The smallest absolute Gasteiger partial charge is 0.287 e. The molecule has 0 unspecified atom stereocenters. The fourth-order valence-corrected chi connectivity index (χ4v) is 4.15. The summed E-state index contributed by atoms with van der Waals surface area (Å²) in [6.45, 7) is 0.720. The van der Waals surface area contributed by atoms with Crippen LogP contribution in [0.5, 0.6) is 5.75 Å². The van der Waals surface area contributed by atoms with Gasteiger partial charge in [0, 0.05) is 12.6 Å². The Balaban J connectivity index is 1.60. The van der Waals surface area contributed by atoms with Crippen LogP contribution in [0.4, 0.5) is 5.69 Å². The van der Waals surface area contributed by atoms with E-state index in [2.05, 4.69) is 15.6 Å². The maximum atomic E-state index is 13.0. The molecule has 7 nitrogen and oxygen atoms in total. The fourth-order valence-electron chi connectivity index (χ4n) is 4.15. The van der Waals surface area contributed by atoms with Crippen molar-refractivity contribution in [3.05, 3.63) is 41.5 Å². The van der Waals surface area contributed by atoms with Crippen LogP contribution in [0, 0.1) is 0 Å². The van der Waals surface area contributed by atoms with Crippen molar-refractivity contribution in [2.45, 2.75) is 57.5 Å². The van der Waals surface area contributed by atoms with Crippen molar-refractivity contribution >= 4 is 17.5 Å². The number of aromatic nitrogens is 2. The quantitative estimate of drug-likeness (QED) is 0.832. The van der Waals surface area contributed by atoms with Gasteiger partial charge in [0.2, 0.25) is 0 Å². The van der Waals surface area contributed by atoms with Gasteiger partial charge < -0.3 is 19.9 Å². The largest absolute Gasteiger partial charge is 0.495 e. The van der Waals surface area contributed by atoms with Crippen LogP contribution in [0.15, 0.2) is 24.3 Å². The number of ether oxygens (including phenoxy) is 1. The zero-order valence-corrected chi connectivity index (χ0v) is 16.2. The second kappa shape index (κ2) is 8.04. The van der Waals surface area contributed by atoms with Gasteiger partial charge in [-0.05, 0) is 44.2 Å². The highest BCUT2D eigenvalue weighted by atomic mass is 16.5. The zero-order valence-electron chi connectivity index (χ0n) is 16.2. The van der Waals surface area contributed by atoms with Gasteiger partial charge >= 0.3 is 0 Å². The van der Waals surface area contributed by atoms with Crippen molar-refractivity contribution < 1.29 is 14.3 Å². The van der Waals surface area contributed by atoms with Gasteiger partial charge in [-0.2, -0.15) is 0 Å². The van der Waals surface area contributed by atoms with Crippen molar-refractivity contribution in [2.24, 2.45) is 0 Å². The van der Waals surface area contributed by atoms with Gasteiger partial charge in [0.1, 0.15) is 5.75 Å². The third-order valence-corrected chi connectivity index (χ3v) is 5.58. The number of hydrogen-bond acceptors (Lipinski definition) is 4. The lowest BCUT2D eigenvalue weighted by Crippen LogP contribution is -2.35. The van der Waals surface area contributed by atoms with Crippen LogP contribution in [-0.4, -0.2) is 34.5 Å². The van der Waals surface area contributed by atoms with E-state index in [-0.39, 0.29) is 17.9 Å². The third kappa shape index (κ3) is 3.61. The second-order valence-corrected chi connectivity index (χ2v) is 7.45. The summed E-state index contributed by atoms with van der Waals surface area (Å²) in [5.41, 5.74) is 1.77. The molecule has 7 heteroatoms. The number of fused-ring (bicyclic) bond motifs is 1. The fraction of sp³-hybridized carbons (Fsp3) is 0.476. The summed E-state index contributed by atoms with van der Waals surface area (Å²) in [5, 5.41) is 5.97. The minimum Gasteiger partial charge on any atom is -0.495 e. The summed E-state index contributed by atoms with van der Waals surface area (Å²) in [7, 11) is 1.56. The van der Waals surface area contributed by atoms with Gasteiger partial charge in [0.05, 0.1) is 18.5 Å². The predicted octanol–water partition coefficient (Wildman–Crippen LogP) is 3.15. The number of carbonyl (C=O) groups excluding carboxylic acids is 2. The van der Waals surface area contributed by atoms with Gasteiger partial charge in [0.15, 0.2) is 11.5 Å². The van der Waals surface area contributed by atoms with E-state index in [1.54, 1.807) is 19.2 Å². The number of para-hydroxylation sites is 2. The summed E-state index contributed by atoms with van der Waals surface area (Å²) < 4.78 is 7.23. The van der Waals surface area contributed by atoms with Crippen LogP contribution in [0.3, 0.4) is 0 Å². The van der Waals surface area contributed by atoms with E-state index in [1.165, 1.54) is 0 Å². The molecule has 2 N–H and O–H groups in total. The van der Waals surface area contributed by atoms with Gasteiger partial charge in [-0.3, -0.25) is 9.59 Å². The molecule has 1 aliphatic carbocycles. The maximum absolute atomic E-state index is 13.0. The molecule has 2 aliphatic rings. The number of rotatable bonds is 5. The normalized spacial score (nSPS) is 16.5. The summed E-state index contributed by atoms with van der Waals surface area (Å²) in [6.07, 6.45) is 7.05. The number of imidazole rings is 1. The highest BCUT2D eigenvalue weighted by molar-refractivity contribution is 6.05. The molecule has 148 valence electrons. The Bertz CT molecular complexity index is 884. The monoisotopic (exact) mass is 382 g/mol. The summed E-state index contributed by atoms with van der Waals surface area (Å²) in [4.78, 5) is 30.3. The number of anilines is 1. The number of nitrogens with one attached hydrogen (secondary N) is 2. The Morgan fingerprint density at radius 2 is 1.89 bits per heavy atom. The Labute approximate surface area is 164 Å². The number of amides is 2. The first-order chi connectivity index (χ1) is 13.7. The molecule has 0 radical (unpaired) electrons. The molecule has 1 aliphatic heterocycles. The topological polar surface area (TPSA) is 85.2 Å². The first-order valence-electron chi connectivity index (χ1n) is 10.0. The van der Waals surface area contributed by atoms with Crippen LogP contribution in [0.25, 0.3) is 0 Å². The van der Waals surface area contributed by atoms with E-state index in [9.17, 15) is 9.59 Å². The number of methoxy groups -OCH3 is 1. The number of benzene rings is 1. The standard InChI is InChI=1S/C21H26N4O3/c1-28-17-12-5-4-10-15(17)23-20(26)18-16-11-6-7-13-25(16)19(24-18)21(27)22-14-8-2-3-9-14/h4-5,10,12,14H,2-3,6-9,11,13H2,1H3,(H,22,27)(H,23,26). The molecule has 0 atom stereocenters. The first kappa shape index (κ1) is 18.5. The Morgan fingerprint density at radius 1 is 1.11 bits per heavy atom. The molecular weight excluding hydrogens is 356 g/mol. The Kier molecular flexibility index (Phi) is 5.32. The molecule has 0 spiro atoms. The lowest BCUT2D eigenvalue weighted by atomic mass is 10.1. The minimum atomic E-state index is -0.310. The Hall–Kier alpha value is -2.83. The Morgan fingerprint density at radius 3 is 2.68 bits per heavy atom. The number of hydrogen-bond donors (Lipinski definition) is 2. The SMILES string of the molecule is COc1ccccc1NC(=O)c1nc(C(=O)NC2CCCC2)n2c1CCCC2. The van der Waals surface area contributed by atoms with Gasteiger partial charge in [0.25, 0.3) is 11.8 Å². The van der Waals surface area contributed by atoms with Crippen molar-refractivity contribution in [3.8, 4) is 5.75 Å². The van der Waals surface area contributed by atoms with Crippen LogP contribution in [-0.2, 0) is 13.0 Å². The zero-order chi connectivity index (χ0) is 19.5. The summed E-state index contributed by atoms with van der Waals surface area (Å²) >= 11 is 0. The number of nitrogens with zero attached hydrogens (tertiary/aromatic N) is 2. The molecule has 1 aromatic carbocycles. The van der Waals surface area contributed by atoms with E-state index < -0.39 is 0 Å². The average Bonchev–Trinajstić information content (AvgIpc) is 3.36. The number of carbonyl (C=O) groups is 2. The second-order valence-electron chi connectivity index (χ2n) is 7.45. The van der Waals surface area contributed by atoms with Gasteiger partial charge in [-0.1, -0.05) is 25.0 Å². The minimum absolute atomic E-state index is 0.175. The predicted molar refractivity (Wildman–Crippen MR) is 106 cm³/mol. The van der Waals surface area contributed by atoms with E-state index >= 15 is 0 Å². The van der Waals surface area contributed by atoms with E-state index in [1.807, 2.05) is 16.7 Å². The van der Waals surface area contributed by atoms with Crippen molar-refractivity contribution in [2.75, 3.05) is 12.4 Å². The summed E-state index contributed by atoms with van der Waals surface area (Å²) in [6, 6.07) is 7.47. The highest BCUT2D eigenvalue weighted by Crippen LogP contribution is 2.26. The van der Waals surface area contributed by atoms with Crippen LogP contribution in [0.2, 0.25) is 0 Å². The van der Waals surface area contributed by atoms with Gasteiger partial charge in [-0.25, -0.2) is 4.98 Å². The van der Waals surface area contributed by atoms with Crippen molar-refractivity contribution in [3.63, 3.8) is 0 Å². The third-order valence-electron chi connectivity index (χ3n) is 5.58. The molecule has 4 rings (SSSR count). The van der Waals surface area contributed by atoms with Crippen molar-refractivity contribution in [1.82, 2.24) is 14.9 Å². The van der Waals surface area contributed by atoms with E-state index in [0.29, 0.717) is 23.0 Å². The first-order valence-corrected chi connectivity index (χ1v) is 10.0. The lowest BCUT2D eigenvalue weighted by molar-refractivity contribution is 0.0921. The molecular formula is C21H26N4O3. The molecule has 2 aromatic rings. The maximum Gasteiger partial charge on any atom is 0.287 e.